The molecule has 0 amide bonds. The molecule has 4 bridgehead atoms. The molecular weight excluding hydrogens is 927 g/mol. The molecule has 73 heavy (non-hydrogen) atoms. The Hall–Kier alpha value is -5.58. The number of nitrogens with one attached hydrogen (secondary N) is 4. The number of fused-ring (bicyclic) bond motifs is 10. The first-order valence-electron chi connectivity index (χ1n) is 26.9. The van der Waals surface area contributed by atoms with Crippen molar-refractivity contribution in [1.82, 2.24) is 21.3 Å². The van der Waals surface area contributed by atoms with E-state index in [9.17, 15) is 30.3 Å². The minimum absolute atomic E-state index is 0.00432. The molecule has 10 atom stereocenters. The molecule has 1 aromatic heterocycles. The molecule has 2 saturated heterocycles. The van der Waals surface area contributed by atoms with Gasteiger partial charge in [0.2, 0.25) is 0 Å². The van der Waals surface area contributed by atoms with Crippen LogP contribution in [0.4, 0.5) is 0 Å². The fraction of sp³-hybridized carbons (Fsp3) is 0.552. The maximum Gasteiger partial charge on any atom is 0.337 e. The Bertz CT molecular complexity index is 3020. The number of aliphatic hydroxyl groups is 3. The lowest BCUT2D eigenvalue weighted by Gasteiger charge is -2.52. The number of carbonyl (C=O) groups is 1. The summed E-state index contributed by atoms with van der Waals surface area (Å²) in [6, 6.07) is 6.86. The van der Waals surface area contributed by atoms with Crippen LogP contribution in [0.25, 0.3) is 11.0 Å². The van der Waals surface area contributed by atoms with Gasteiger partial charge >= 0.3 is 5.97 Å². The molecule has 15 heteroatoms. The Morgan fingerprint density at radius 3 is 2.63 bits per heavy atom. The molecule has 12 rings (SSSR count). The van der Waals surface area contributed by atoms with Crippen LogP contribution in [-0.4, -0.2) is 87.3 Å². The zero-order valence-electron chi connectivity index (χ0n) is 42.2. The number of benzene rings is 2. The maximum atomic E-state index is 15.3. The molecule has 11 N–H and O–H groups in total. The summed E-state index contributed by atoms with van der Waals surface area (Å²) < 4.78 is 21.4. The van der Waals surface area contributed by atoms with E-state index >= 15 is 4.79 Å². The first kappa shape index (κ1) is 48.4. The number of hydrogen-bond donors (Lipinski definition) is 10. The van der Waals surface area contributed by atoms with E-state index in [-0.39, 0.29) is 80.9 Å². The summed E-state index contributed by atoms with van der Waals surface area (Å²) in [6.45, 7) is 7.11. The predicted octanol–water partition coefficient (Wildman–Crippen LogP) is 5.97. The molecule has 6 aliphatic heterocycles. The summed E-state index contributed by atoms with van der Waals surface area (Å²) in [5.74, 6) is -2.64. The van der Waals surface area contributed by atoms with E-state index in [1.807, 2.05) is 13.0 Å². The van der Waals surface area contributed by atoms with Crippen molar-refractivity contribution < 1.29 is 44.2 Å². The molecule has 2 saturated carbocycles. The molecule has 388 valence electrons. The Kier molecular flexibility index (Phi) is 12.0. The number of phenolic OH excluding ortho intramolecular Hbond substituents is 2. The average molecular weight is 998 g/mol. The summed E-state index contributed by atoms with van der Waals surface area (Å²) in [5, 5.41) is 73.4. The van der Waals surface area contributed by atoms with Crippen LogP contribution in [0.3, 0.4) is 0 Å². The van der Waals surface area contributed by atoms with E-state index in [4.69, 9.17) is 19.6 Å². The number of piperidine rings is 2. The van der Waals surface area contributed by atoms with E-state index in [0.717, 1.165) is 85.9 Å². The normalized spacial score (nSPS) is 33.4. The minimum atomic E-state index is -1.41. The number of esters is 1. The predicted molar refractivity (Wildman–Crippen MR) is 274 cm³/mol. The smallest absolute Gasteiger partial charge is 0.337 e. The molecule has 1 spiro atoms. The monoisotopic (exact) mass is 998 g/mol. The minimum Gasteiger partial charge on any atom is -0.508 e. The number of aryl methyl sites for hydroxylation is 1. The standard InChI is InChI=1S/C58H71N5O10/c1-4-42(58(70)15-14-57(28-58)16-19-60-20-17-57)55(69)72-45-24-40-50(68)48-44(67)23-33(26-64)71-52(48)49-46-38-13-18-61-53(59)47(38)36(10-7-30-6-8-32(66)22-39(30)41(46)27-65)35-12-11-34-31(21-43(35)56(45,3)73-51(40)49)25-62-54-37(34)9-5-29(2)63-54/h4,6,8,13,22-23,25,29,35-36,41,43,45-46,54,60-66,68,70H,5,7,9-12,14-21,24,26-28,59H2,1-3H3. The van der Waals surface area contributed by atoms with Gasteiger partial charge in [0.1, 0.15) is 58.1 Å². The van der Waals surface area contributed by atoms with Crippen molar-refractivity contribution in [3.63, 3.8) is 0 Å². The summed E-state index contributed by atoms with van der Waals surface area (Å²) in [6.07, 6.45) is 13.6. The second kappa shape index (κ2) is 18.1. The Balaban J connectivity index is 1.12. The second-order valence-electron chi connectivity index (χ2n) is 23.1. The lowest BCUT2D eigenvalue weighted by molar-refractivity contribution is -0.171. The van der Waals surface area contributed by atoms with Crippen molar-refractivity contribution in [1.29, 1.82) is 0 Å². The zero-order valence-corrected chi connectivity index (χ0v) is 42.2. The van der Waals surface area contributed by atoms with Gasteiger partial charge in [-0.1, -0.05) is 18.2 Å². The van der Waals surface area contributed by atoms with Crippen LogP contribution >= 0.6 is 0 Å². The number of aromatic hydroxyl groups is 2. The third-order valence-electron chi connectivity index (χ3n) is 19.3. The molecule has 4 fully saturated rings. The van der Waals surface area contributed by atoms with E-state index < -0.39 is 53.8 Å². The number of phenols is 2. The first-order chi connectivity index (χ1) is 35.2. The van der Waals surface area contributed by atoms with Gasteiger partial charge in [-0.25, -0.2) is 4.79 Å². The molecular formula is C58H71N5O10. The Morgan fingerprint density at radius 2 is 1.85 bits per heavy atom. The third-order valence-corrected chi connectivity index (χ3v) is 19.3. The van der Waals surface area contributed by atoms with E-state index in [1.54, 1.807) is 25.1 Å². The molecule has 3 aromatic rings. The third kappa shape index (κ3) is 7.68. The zero-order chi connectivity index (χ0) is 50.7. The number of aliphatic hydroxyl groups excluding tert-OH is 2. The quantitative estimate of drug-likeness (QED) is 0.105. The van der Waals surface area contributed by atoms with Crippen LogP contribution in [0.2, 0.25) is 0 Å². The first-order valence-corrected chi connectivity index (χ1v) is 26.9. The molecule has 15 nitrogen and oxygen atoms in total. The van der Waals surface area contributed by atoms with Crippen LogP contribution in [0.15, 0.2) is 91.1 Å². The highest BCUT2D eigenvalue weighted by Crippen LogP contribution is 2.62. The van der Waals surface area contributed by atoms with E-state index in [2.05, 4.69) is 40.5 Å². The number of allylic oxidation sites excluding steroid dienone is 5. The van der Waals surface area contributed by atoms with Crippen LogP contribution in [0.1, 0.15) is 131 Å². The van der Waals surface area contributed by atoms with Gasteiger partial charge in [-0.3, -0.25) is 10.1 Å². The van der Waals surface area contributed by atoms with Crippen molar-refractivity contribution >= 4 is 16.9 Å². The number of nitrogens with two attached hydrogens (primary N) is 1. The lowest BCUT2D eigenvalue weighted by Crippen LogP contribution is -2.59. The van der Waals surface area contributed by atoms with Crippen LogP contribution in [0.5, 0.6) is 17.2 Å². The van der Waals surface area contributed by atoms with Crippen molar-refractivity contribution in [2.45, 2.75) is 152 Å². The maximum absolute atomic E-state index is 15.3. The Morgan fingerprint density at radius 1 is 1.03 bits per heavy atom. The van der Waals surface area contributed by atoms with E-state index in [1.165, 1.54) is 17.2 Å². The second-order valence-corrected chi connectivity index (χ2v) is 23.1. The van der Waals surface area contributed by atoms with Crippen molar-refractivity contribution in [2.75, 3.05) is 26.2 Å². The van der Waals surface area contributed by atoms with Crippen molar-refractivity contribution in [2.24, 2.45) is 28.9 Å². The topological polar surface area (TPSA) is 241 Å². The lowest BCUT2D eigenvalue weighted by atomic mass is 9.61. The van der Waals surface area contributed by atoms with Gasteiger partial charge in [-0.2, -0.15) is 0 Å². The van der Waals surface area contributed by atoms with Gasteiger partial charge in [0.05, 0.1) is 23.9 Å². The largest absolute Gasteiger partial charge is 0.508 e. The number of hydrogen-bond acceptors (Lipinski definition) is 15. The Labute approximate surface area is 425 Å². The van der Waals surface area contributed by atoms with Crippen LogP contribution in [-0.2, 0) is 29.0 Å². The molecule has 3 aliphatic carbocycles. The van der Waals surface area contributed by atoms with Gasteiger partial charge in [0.15, 0.2) is 5.43 Å². The van der Waals surface area contributed by atoms with Crippen molar-refractivity contribution in [3.8, 4) is 17.2 Å². The fourth-order valence-corrected chi connectivity index (χ4v) is 15.7. The van der Waals surface area contributed by atoms with Crippen LogP contribution < -0.4 is 37.2 Å². The molecule has 10 unspecified atom stereocenters. The number of dihydropyridines is 2. The molecule has 7 heterocycles. The van der Waals surface area contributed by atoms with Gasteiger partial charge in [-0.15, -0.1) is 0 Å². The summed E-state index contributed by atoms with van der Waals surface area (Å²) >= 11 is 0. The molecule has 0 radical (unpaired) electrons. The average Bonchev–Trinajstić information content (AvgIpc) is 3.58. The molecule has 2 aromatic carbocycles. The van der Waals surface area contributed by atoms with E-state index in [0.29, 0.717) is 56.1 Å². The fourth-order valence-electron chi connectivity index (χ4n) is 15.7. The summed E-state index contributed by atoms with van der Waals surface area (Å²) in [4.78, 5) is 29.8. The number of ether oxygens (including phenoxy) is 2. The van der Waals surface area contributed by atoms with Gasteiger partial charge in [0.25, 0.3) is 0 Å². The van der Waals surface area contributed by atoms with Crippen LogP contribution in [0, 0.1) is 23.2 Å². The summed E-state index contributed by atoms with van der Waals surface area (Å²) in [5.41, 5.74) is 12.0. The highest BCUT2D eigenvalue weighted by atomic mass is 16.6. The summed E-state index contributed by atoms with van der Waals surface area (Å²) in [7, 11) is 0. The highest BCUT2D eigenvalue weighted by Gasteiger charge is 2.59. The van der Waals surface area contributed by atoms with Gasteiger partial charge in [-0.05, 0) is 179 Å². The van der Waals surface area contributed by atoms with Crippen molar-refractivity contribution in [3.05, 3.63) is 120 Å². The SMILES string of the molecule is CC=C(C(=O)OC1Cc2c3c(c4oc(CO)cc(=O)c4c2O)C2C4=CCNC(N)=C4C(CCc4ccc(O)cc4C2CO)C2CCC4=C5CCC(C)NC5NC=C4CC2C1(C)O3)C1(O)CCC2(CCNCC2)C1. The van der Waals surface area contributed by atoms with Gasteiger partial charge in [0, 0.05) is 60.2 Å². The highest BCUT2D eigenvalue weighted by molar-refractivity contribution is 5.93. The molecule has 9 aliphatic rings. The van der Waals surface area contributed by atoms with Gasteiger partial charge < -0.3 is 61.1 Å². The number of carbonyl (C=O) groups excluding carboxylic acids is 1. The number of rotatable bonds is 5.